The van der Waals surface area contributed by atoms with Crippen LogP contribution in [0.1, 0.15) is 43.6 Å². The van der Waals surface area contributed by atoms with Gasteiger partial charge in [-0.3, -0.25) is 0 Å². The quantitative estimate of drug-likeness (QED) is 0.774. The van der Waals surface area contributed by atoms with Crippen LogP contribution >= 0.6 is 0 Å². The molecule has 0 aliphatic carbocycles. The fourth-order valence-electron chi connectivity index (χ4n) is 1.72. The van der Waals surface area contributed by atoms with Crippen LogP contribution in [0, 0.1) is 5.95 Å². The molecule has 19 heavy (non-hydrogen) atoms. The Morgan fingerprint density at radius 3 is 3.00 bits per heavy atom. The standard InChI is InChI=1S/C12H14FN3O3/c1-3-5-7(4-2)18-12(17)10-9-11(19-16-10)14-6-8(13)15-9/h6-7H,3-5H2,1-2H3. The van der Waals surface area contributed by atoms with E-state index in [1.165, 1.54) is 0 Å². The summed E-state index contributed by atoms with van der Waals surface area (Å²) in [5.41, 5.74) is -0.148. The second-order valence-corrected chi connectivity index (χ2v) is 4.10. The first-order valence-electron chi connectivity index (χ1n) is 6.14. The molecule has 0 saturated heterocycles. The Morgan fingerprint density at radius 2 is 2.32 bits per heavy atom. The molecule has 7 heteroatoms. The summed E-state index contributed by atoms with van der Waals surface area (Å²) in [5.74, 6) is -1.47. The molecule has 0 aliphatic heterocycles. The van der Waals surface area contributed by atoms with Crippen molar-refractivity contribution in [3.63, 3.8) is 0 Å². The van der Waals surface area contributed by atoms with Gasteiger partial charge in [0, 0.05) is 0 Å². The van der Waals surface area contributed by atoms with E-state index in [1.54, 1.807) is 0 Å². The Bertz CT molecular complexity index is 585. The molecule has 6 nitrogen and oxygen atoms in total. The molecule has 0 N–H and O–H groups in total. The predicted octanol–water partition coefficient (Wildman–Crippen LogP) is 2.49. The van der Waals surface area contributed by atoms with Crippen LogP contribution in [0.25, 0.3) is 11.2 Å². The maximum absolute atomic E-state index is 13.0. The highest BCUT2D eigenvalue weighted by Crippen LogP contribution is 2.17. The third kappa shape index (κ3) is 2.86. The third-order valence-corrected chi connectivity index (χ3v) is 2.69. The lowest BCUT2D eigenvalue weighted by molar-refractivity contribution is 0.0262. The Morgan fingerprint density at radius 1 is 1.53 bits per heavy atom. The molecule has 102 valence electrons. The molecule has 0 bridgehead atoms. The first kappa shape index (κ1) is 13.4. The minimum absolute atomic E-state index is 0.0110. The van der Waals surface area contributed by atoms with E-state index in [4.69, 9.17) is 9.26 Å². The summed E-state index contributed by atoms with van der Waals surface area (Å²) in [6.45, 7) is 3.93. The topological polar surface area (TPSA) is 78.1 Å². The van der Waals surface area contributed by atoms with Gasteiger partial charge in [-0.1, -0.05) is 25.4 Å². The molecular weight excluding hydrogens is 253 g/mol. The number of nitrogens with zero attached hydrogens (tertiary/aromatic N) is 3. The van der Waals surface area contributed by atoms with E-state index in [2.05, 4.69) is 15.1 Å². The van der Waals surface area contributed by atoms with E-state index in [-0.39, 0.29) is 23.0 Å². The average molecular weight is 267 g/mol. The monoisotopic (exact) mass is 267 g/mol. The molecule has 0 aromatic carbocycles. The van der Waals surface area contributed by atoms with Crippen molar-refractivity contribution in [3.05, 3.63) is 17.8 Å². The highest BCUT2D eigenvalue weighted by Gasteiger charge is 2.22. The van der Waals surface area contributed by atoms with Gasteiger partial charge in [0.05, 0.1) is 6.20 Å². The van der Waals surface area contributed by atoms with Crippen LogP contribution in [0.3, 0.4) is 0 Å². The molecule has 0 radical (unpaired) electrons. The molecule has 0 spiro atoms. The number of esters is 1. The fraction of sp³-hybridized carbons (Fsp3) is 0.500. The zero-order valence-electron chi connectivity index (χ0n) is 10.7. The Balaban J connectivity index is 2.23. The predicted molar refractivity (Wildman–Crippen MR) is 64.0 cm³/mol. The Kier molecular flexibility index (Phi) is 4.03. The highest BCUT2D eigenvalue weighted by molar-refractivity contribution is 5.98. The van der Waals surface area contributed by atoms with Crippen molar-refractivity contribution in [1.82, 2.24) is 15.1 Å². The van der Waals surface area contributed by atoms with E-state index in [0.29, 0.717) is 6.42 Å². The maximum Gasteiger partial charge on any atom is 0.363 e. The van der Waals surface area contributed by atoms with E-state index >= 15 is 0 Å². The lowest BCUT2D eigenvalue weighted by Crippen LogP contribution is -2.18. The van der Waals surface area contributed by atoms with E-state index in [0.717, 1.165) is 19.0 Å². The number of carbonyl (C=O) groups is 1. The summed E-state index contributed by atoms with van der Waals surface area (Å²) in [5, 5.41) is 3.54. The van der Waals surface area contributed by atoms with Crippen molar-refractivity contribution in [2.45, 2.75) is 39.2 Å². The highest BCUT2D eigenvalue weighted by atomic mass is 19.1. The van der Waals surface area contributed by atoms with Crippen LogP contribution in [0.4, 0.5) is 4.39 Å². The largest absolute Gasteiger partial charge is 0.458 e. The second kappa shape index (κ2) is 5.73. The lowest BCUT2D eigenvalue weighted by Gasteiger charge is -2.13. The summed E-state index contributed by atoms with van der Waals surface area (Å²) in [7, 11) is 0. The number of aromatic nitrogens is 3. The van der Waals surface area contributed by atoms with Gasteiger partial charge in [-0.05, 0) is 12.8 Å². The van der Waals surface area contributed by atoms with Crippen LogP contribution in [-0.2, 0) is 4.74 Å². The summed E-state index contributed by atoms with van der Waals surface area (Å²) >= 11 is 0. The Hall–Kier alpha value is -2.05. The zero-order chi connectivity index (χ0) is 13.8. The van der Waals surface area contributed by atoms with Gasteiger partial charge in [-0.15, -0.1) is 0 Å². The summed E-state index contributed by atoms with van der Waals surface area (Å²) in [6.07, 6.45) is 3.08. The van der Waals surface area contributed by atoms with Gasteiger partial charge in [-0.25, -0.2) is 14.8 Å². The van der Waals surface area contributed by atoms with Crippen molar-refractivity contribution in [2.24, 2.45) is 0 Å². The van der Waals surface area contributed by atoms with Crippen molar-refractivity contribution in [2.75, 3.05) is 0 Å². The number of hydrogen-bond donors (Lipinski definition) is 0. The number of carbonyl (C=O) groups excluding carboxylic acids is 1. The van der Waals surface area contributed by atoms with Gasteiger partial charge in [0.25, 0.3) is 5.71 Å². The number of fused-ring (bicyclic) bond motifs is 1. The van der Waals surface area contributed by atoms with Gasteiger partial charge < -0.3 is 9.26 Å². The number of rotatable bonds is 5. The summed E-state index contributed by atoms with van der Waals surface area (Å²) in [4.78, 5) is 19.1. The van der Waals surface area contributed by atoms with Crippen molar-refractivity contribution >= 4 is 17.2 Å². The summed E-state index contributed by atoms with van der Waals surface area (Å²) in [6, 6.07) is 0. The van der Waals surface area contributed by atoms with Crippen LogP contribution in [0.15, 0.2) is 10.7 Å². The SMILES string of the molecule is CCCC(CC)OC(=O)c1noc2ncc(F)nc12. The lowest BCUT2D eigenvalue weighted by atomic mass is 10.1. The van der Waals surface area contributed by atoms with Gasteiger partial charge in [0.15, 0.2) is 5.52 Å². The smallest absolute Gasteiger partial charge is 0.363 e. The molecule has 2 aromatic heterocycles. The van der Waals surface area contributed by atoms with Crippen molar-refractivity contribution in [1.29, 1.82) is 0 Å². The minimum Gasteiger partial charge on any atom is -0.458 e. The van der Waals surface area contributed by atoms with Gasteiger partial charge in [-0.2, -0.15) is 4.39 Å². The van der Waals surface area contributed by atoms with Crippen LogP contribution in [0.2, 0.25) is 0 Å². The normalized spacial score (nSPS) is 12.6. The molecule has 1 atom stereocenters. The third-order valence-electron chi connectivity index (χ3n) is 2.69. The summed E-state index contributed by atoms with van der Waals surface area (Å²) < 4.78 is 23.1. The first-order chi connectivity index (χ1) is 9.15. The molecule has 1 unspecified atom stereocenters. The molecule has 0 fully saturated rings. The van der Waals surface area contributed by atoms with Gasteiger partial charge >= 0.3 is 5.97 Å². The molecule has 2 heterocycles. The molecular formula is C12H14FN3O3. The number of hydrogen-bond acceptors (Lipinski definition) is 6. The van der Waals surface area contributed by atoms with E-state index < -0.39 is 11.9 Å². The van der Waals surface area contributed by atoms with Crippen molar-refractivity contribution < 1.29 is 18.4 Å². The number of halogens is 1. The average Bonchev–Trinajstić information content (AvgIpc) is 2.81. The fourth-order valence-corrected chi connectivity index (χ4v) is 1.72. The van der Waals surface area contributed by atoms with E-state index in [9.17, 15) is 9.18 Å². The Labute approximate surface area is 109 Å². The minimum atomic E-state index is -0.801. The van der Waals surface area contributed by atoms with Gasteiger partial charge in [0.2, 0.25) is 11.6 Å². The maximum atomic E-state index is 13.0. The van der Waals surface area contributed by atoms with Crippen LogP contribution < -0.4 is 0 Å². The molecule has 0 amide bonds. The molecule has 2 aromatic rings. The second-order valence-electron chi connectivity index (χ2n) is 4.10. The zero-order valence-corrected chi connectivity index (χ0v) is 10.7. The van der Waals surface area contributed by atoms with E-state index in [1.807, 2.05) is 13.8 Å². The first-order valence-corrected chi connectivity index (χ1v) is 6.14. The van der Waals surface area contributed by atoms with Crippen molar-refractivity contribution in [3.8, 4) is 0 Å². The molecule has 0 saturated carbocycles. The molecule has 2 rings (SSSR count). The number of ether oxygens (including phenoxy) is 1. The molecule has 0 aliphatic rings. The van der Waals surface area contributed by atoms with Crippen LogP contribution in [0.5, 0.6) is 0 Å². The van der Waals surface area contributed by atoms with Crippen LogP contribution in [-0.4, -0.2) is 27.2 Å². The van der Waals surface area contributed by atoms with Gasteiger partial charge in [0.1, 0.15) is 6.10 Å².